The van der Waals surface area contributed by atoms with E-state index < -0.39 is 0 Å². The fraction of sp³-hybridized carbons (Fsp3) is 0.733. The molecule has 0 amide bonds. The summed E-state index contributed by atoms with van der Waals surface area (Å²) in [6.07, 6.45) is 13.8. The van der Waals surface area contributed by atoms with E-state index in [1.165, 1.54) is 44.9 Å². The topological polar surface area (TPSA) is 55.1 Å². The summed E-state index contributed by atoms with van der Waals surface area (Å²) in [6.45, 7) is 5.44. The molecule has 1 aromatic carbocycles. The van der Waals surface area contributed by atoms with E-state index in [0.717, 1.165) is 42.0 Å². The minimum atomic E-state index is -0.0814. The molecule has 4 nitrogen and oxygen atoms in total. The number of aliphatic hydroxyl groups is 1. The van der Waals surface area contributed by atoms with Crippen molar-refractivity contribution in [1.29, 1.82) is 0 Å². The number of para-hydroxylation sites is 1. The Hall–Kier alpha value is -1.68. The lowest BCUT2D eigenvalue weighted by atomic mass is 9.48. The van der Waals surface area contributed by atoms with Gasteiger partial charge < -0.3 is 5.11 Å². The predicted octanol–water partition coefficient (Wildman–Crippen LogP) is 6.26. The van der Waals surface area contributed by atoms with Crippen LogP contribution in [0.25, 0.3) is 10.9 Å². The summed E-state index contributed by atoms with van der Waals surface area (Å²) in [5.41, 5.74) is 1.46. The van der Waals surface area contributed by atoms with Gasteiger partial charge in [0.25, 0.3) is 0 Å². The van der Waals surface area contributed by atoms with Crippen LogP contribution in [0.3, 0.4) is 0 Å². The molecule has 1 heterocycles. The Morgan fingerprint density at radius 3 is 2.82 bits per heavy atom. The second kappa shape index (κ2) is 8.76. The van der Waals surface area contributed by atoms with Crippen molar-refractivity contribution in [3.05, 3.63) is 30.5 Å². The quantitative estimate of drug-likeness (QED) is 0.585. The van der Waals surface area contributed by atoms with Crippen LogP contribution in [-0.4, -0.2) is 26.8 Å². The minimum Gasteiger partial charge on any atom is -0.393 e. The number of hydrogen-bond donors (Lipinski definition) is 1. The second-order valence-electron chi connectivity index (χ2n) is 12.6. The van der Waals surface area contributed by atoms with Crippen LogP contribution in [0.4, 0.5) is 0 Å². The molecule has 0 aliphatic heterocycles. The summed E-state index contributed by atoms with van der Waals surface area (Å²) in [4.78, 5) is 13.8. The molecule has 0 saturated heterocycles. The summed E-state index contributed by atoms with van der Waals surface area (Å²) in [5.74, 6) is 4.70. The Balaban J connectivity index is 1.26. The molecule has 0 radical (unpaired) electrons. The Morgan fingerprint density at radius 2 is 1.94 bits per heavy atom. The summed E-state index contributed by atoms with van der Waals surface area (Å²) in [7, 11) is 0. The average molecular weight is 463 g/mol. The van der Waals surface area contributed by atoms with Crippen LogP contribution in [-0.2, 0) is 11.3 Å². The first-order valence-electron chi connectivity index (χ1n) is 14.1. The van der Waals surface area contributed by atoms with Gasteiger partial charge in [0.2, 0.25) is 0 Å². The number of hydrogen-bond acceptors (Lipinski definition) is 3. The van der Waals surface area contributed by atoms with Crippen molar-refractivity contribution < 1.29 is 9.90 Å². The highest BCUT2D eigenvalue weighted by molar-refractivity contribution is 5.84. The lowest BCUT2D eigenvalue weighted by Crippen LogP contribution is -2.50. The van der Waals surface area contributed by atoms with Gasteiger partial charge in [-0.25, -0.2) is 0 Å². The van der Waals surface area contributed by atoms with E-state index in [-0.39, 0.29) is 12.0 Å². The third kappa shape index (κ3) is 3.67. The average Bonchev–Trinajstić information content (AvgIpc) is 3.18. The summed E-state index contributed by atoms with van der Waals surface area (Å²) in [5, 5.41) is 16.1. The molecule has 2 unspecified atom stereocenters. The van der Waals surface area contributed by atoms with Crippen LogP contribution in [0.1, 0.15) is 78.1 Å². The third-order valence-electron chi connectivity index (χ3n) is 11.1. The highest BCUT2D eigenvalue weighted by Crippen LogP contribution is 2.62. The molecule has 4 aliphatic carbocycles. The number of fused-ring (bicyclic) bond motifs is 6. The van der Waals surface area contributed by atoms with Crippen molar-refractivity contribution in [2.45, 2.75) is 90.7 Å². The molecule has 4 aliphatic rings. The van der Waals surface area contributed by atoms with Gasteiger partial charge in [-0.3, -0.25) is 9.48 Å². The van der Waals surface area contributed by atoms with E-state index in [1.807, 2.05) is 23.0 Å². The van der Waals surface area contributed by atoms with Gasteiger partial charge >= 0.3 is 0 Å². The van der Waals surface area contributed by atoms with E-state index >= 15 is 0 Å². The van der Waals surface area contributed by atoms with Gasteiger partial charge in [0.15, 0.2) is 5.78 Å². The van der Waals surface area contributed by atoms with Crippen molar-refractivity contribution in [3.8, 4) is 0 Å². The van der Waals surface area contributed by atoms with E-state index in [1.54, 1.807) is 0 Å². The van der Waals surface area contributed by atoms with Crippen molar-refractivity contribution in [3.63, 3.8) is 0 Å². The van der Waals surface area contributed by atoms with E-state index in [9.17, 15) is 9.90 Å². The number of ketones is 1. The predicted molar refractivity (Wildman–Crippen MR) is 135 cm³/mol. The van der Waals surface area contributed by atoms with Gasteiger partial charge in [-0.15, -0.1) is 0 Å². The van der Waals surface area contributed by atoms with Crippen LogP contribution < -0.4 is 0 Å². The molecule has 1 N–H and O–H groups in total. The molecular formula is C30H42N2O2. The highest BCUT2D eigenvalue weighted by Gasteiger charge is 2.55. The normalized spacial score (nSPS) is 42.3. The van der Waals surface area contributed by atoms with Crippen LogP contribution in [0.2, 0.25) is 0 Å². The Morgan fingerprint density at radius 1 is 1.09 bits per heavy atom. The van der Waals surface area contributed by atoms with Gasteiger partial charge in [0.05, 0.1) is 17.8 Å². The maximum atomic E-state index is 13.8. The zero-order chi connectivity index (χ0) is 23.4. The van der Waals surface area contributed by atoms with Crippen LogP contribution >= 0.6 is 0 Å². The standard InChI is InChI=1S/C30H42N2O2/c1-19-10-13-26-23(12-11-21-16-22(33)14-15-30(21,26)2)24-7-5-8-25(29(19)24)28(34)18-32-27-9-4-3-6-20(27)17-31-32/h3-4,6,9,17,19,21-26,29,33H,5,7-8,10-16,18H2,1-2H3/t19-,21?,22+,23-,24-,25+,26-,29?,30-/m0/s1. The Kier molecular flexibility index (Phi) is 5.87. The third-order valence-corrected chi connectivity index (χ3v) is 11.1. The zero-order valence-electron chi connectivity index (χ0n) is 21.0. The van der Waals surface area contributed by atoms with E-state index in [0.29, 0.717) is 41.4 Å². The molecule has 4 saturated carbocycles. The summed E-state index contributed by atoms with van der Waals surface area (Å²) >= 11 is 0. The molecular weight excluding hydrogens is 420 g/mol. The Labute approximate surface area is 204 Å². The lowest BCUT2D eigenvalue weighted by molar-refractivity contribution is -0.131. The lowest BCUT2D eigenvalue weighted by Gasteiger charge is -2.57. The maximum absolute atomic E-state index is 13.8. The SMILES string of the molecule is C[C@H]1CC[C@H]2[C@@H](CCC3C[C@H](O)CC[C@@]32C)[C@@H]2CCC[C@H](C(=O)Cn3ncc4ccccc43)C21. The zero-order valence-corrected chi connectivity index (χ0v) is 21.0. The van der Waals surface area contributed by atoms with Crippen molar-refractivity contribution in [2.24, 2.45) is 46.8 Å². The van der Waals surface area contributed by atoms with Gasteiger partial charge in [0.1, 0.15) is 6.54 Å². The van der Waals surface area contributed by atoms with Crippen LogP contribution in [0.15, 0.2) is 30.5 Å². The van der Waals surface area contributed by atoms with Crippen LogP contribution in [0.5, 0.6) is 0 Å². The molecule has 1 aromatic heterocycles. The molecule has 0 spiro atoms. The van der Waals surface area contributed by atoms with Crippen LogP contribution in [0, 0.1) is 46.8 Å². The number of nitrogens with zero attached hydrogens (tertiary/aromatic N) is 2. The number of aliphatic hydroxyl groups excluding tert-OH is 1. The largest absolute Gasteiger partial charge is 0.393 e. The summed E-state index contributed by atoms with van der Waals surface area (Å²) < 4.78 is 1.94. The number of aromatic nitrogens is 2. The molecule has 4 fully saturated rings. The molecule has 6 rings (SSSR count). The molecule has 2 aromatic rings. The molecule has 9 atom stereocenters. The number of carbonyl (C=O) groups excluding carboxylic acids is 1. The number of Topliss-reactive ketones (excluding diaryl/α,β-unsaturated/α-hetero) is 1. The van der Waals surface area contributed by atoms with Crippen molar-refractivity contribution in [1.82, 2.24) is 9.78 Å². The van der Waals surface area contributed by atoms with Gasteiger partial charge in [0, 0.05) is 11.3 Å². The first-order chi connectivity index (χ1) is 16.5. The fourth-order valence-corrected chi connectivity index (χ4v) is 9.48. The first-order valence-corrected chi connectivity index (χ1v) is 14.1. The fourth-order valence-electron chi connectivity index (χ4n) is 9.48. The smallest absolute Gasteiger partial charge is 0.157 e. The number of benzene rings is 1. The van der Waals surface area contributed by atoms with Gasteiger partial charge in [-0.05, 0) is 98.4 Å². The monoisotopic (exact) mass is 462 g/mol. The molecule has 34 heavy (non-hydrogen) atoms. The van der Waals surface area contributed by atoms with Gasteiger partial charge in [-0.2, -0.15) is 5.10 Å². The Bertz CT molecular complexity index is 1050. The number of carbonyl (C=O) groups is 1. The van der Waals surface area contributed by atoms with Crippen molar-refractivity contribution >= 4 is 16.7 Å². The molecule has 4 heteroatoms. The molecule has 184 valence electrons. The van der Waals surface area contributed by atoms with E-state index in [2.05, 4.69) is 31.1 Å². The first kappa shape index (κ1) is 22.8. The maximum Gasteiger partial charge on any atom is 0.157 e. The highest BCUT2D eigenvalue weighted by atomic mass is 16.3. The molecule has 0 bridgehead atoms. The second-order valence-corrected chi connectivity index (χ2v) is 12.6. The van der Waals surface area contributed by atoms with Gasteiger partial charge in [-0.1, -0.05) is 44.9 Å². The minimum absolute atomic E-state index is 0.0814. The summed E-state index contributed by atoms with van der Waals surface area (Å²) in [6, 6.07) is 8.23. The number of rotatable bonds is 3. The van der Waals surface area contributed by atoms with Crippen molar-refractivity contribution in [2.75, 3.05) is 0 Å². The van der Waals surface area contributed by atoms with E-state index in [4.69, 9.17) is 0 Å².